The lowest BCUT2D eigenvalue weighted by Gasteiger charge is -2.35. The third-order valence-corrected chi connectivity index (χ3v) is 5.39. The van der Waals surface area contributed by atoms with Crippen LogP contribution in [-0.4, -0.2) is 22.2 Å². The van der Waals surface area contributed by atoms with Gasteiger partial charge in [0.2, 0.25) is 0 Å². The summed E-state index contributed by atoms with van der Waals surface area (Å²) in [7, 11) is 0. The average Bonchev–Trinajstić information content (AvgIpc) is 2.43. The molecule has 1 aromatic rings. The van der Waals surface area contributed by atoms with Crippen LogP contribution in [0.3, 0.4) is 0 Å². The fourth-order valence-electron chi connectivity index (χ4n) is 2.47. The predicted octanol–water partition coefficient (Wildman–Crippen LogP) is 3.22. The summed E-state index contributed by atoms with van der Waals surface area (Å²) in [5, 5.41) is 0. The van der Waals surface area contributed by atoms with Gasteiger partial charge in [-0.1, -0.05) is 66.2 Å². The minimum Gasteiger partial charge on any atom is -0.298 e. The number of hydrogen-bond acceptors (Lipinski definition) is 3. The van der Waals surface area contributed by atoms with Gasteiger partial charge in [-0.25, -0.2) is 0 Å². The molecule has 0 heterocycles. The van der Waals surface area contributed by atoms with Crippen molar-refractivity contribution in [1.29, 1.82) is 0 Å². The Hall–Kier alpha value is -1.55. The van der Waals surface area contributed by atoms with Gasteiger partial charge in [0.1, 0.15) is 5.92 Å². The largest absolute Gasteiger partial charge is 0.298 e. The van der Waals surface area contributed by atoms with Crippen LogP contribution in [0.25, 0.3) is 6.08 Å². The summed E-state index contributed by atoms with van der Waals surface area (Å²) < 4.78 is 0. The van der Waals surface area contributed by atoms with Gasteiger partial charge in [0.15, 0.2) is 17.3 Å². The molecule has 110 valence electrons. The molecule has 0 bridgehead atoms. The van der Waals surface area contributed by atoms with Gasteiger partial charge in [-0.15, -0.1) is 0 Å². The first-order valence-corrected chi connectivity index (χ1v) is 7.72. The summed E-state index contributed by atoms with van der Waals surface area (Å²) in [6, 6.07) is 9.30. The van der Waals surface area contributed by atoms with Crippen molar-refractivity contribution < 1.29 is 14.4 Å². The first kappa shape index (κ1) is 15.8. The van der Waals surface area contributed by atoms with E-state index in [1.165, 1.54) is 6.08 Å². The number of Topliss-reactive ketones (excluding diaryl/α,β-unsaturated/α-hetero) is 2. The average molecular weight is 349 g/mol. The molecule has 0 spiro atoms. The second-order valence-electron chi connectivity index (χ2n) is 5.98. The molecule has 1 saturated carbocycles. The molecule has 0 N–H and O–H groups in total. The molecule has 0 aliphatic heterocycles. The van der Waals surface area contributed by atoms with E-state index in [0.29, 0.717) is 0 Å². The Morgan fingerprint density at radius 3 is 2.48 bits per heavy atom. The van der Waals surface area contributed by atoms with Crippen molar-refractivity contribution in [3.05, 3.63) is 42.0 Å². The second kappa shape index (κ2) is 6.06. The molecule has 21 heavy (non-hydrogen) atoms. The van der Waals surface area contributed by atoms with Crippen LogP contribution >= 0.6 is 15.9 Å². The highest BCUT2D eigenvalue weighted by molar-refractivity contribution is 9.10. The summed E-state index contributed by atoms with van der Waals surface area (Å²) in [4.78, 5) is 36.1. The maximum Gasteiger partial charge on any atom is 0.173 e. The van der Waals surface area contributed by atoms with E-state index < -0.39 is 21.9 Å². The zero-order valence-corrected chi connectivity index (χ0v) is 13.6. The first-order chi connectivity index (χ1) is 9.83. The smallest absolute Gasteiger partial charge is 0.173 e. The number of carbonyl (C=O) groups excluding carboxylic acids is 3. The van der Waals surface area contributed by atoms with Crippen molar-refractivity contribution in [1.82, 2.24) is 0 Å². The molecule has 1 aliphatic rings. The molecular weight excluding hydrogens is 332 g/mol. The number of carbonyl (C=O) groups is 3. The van der Waals surface area contributed by atoms with E-state index in [9.17, 15) is 14.4 Å². The van der Waals surface area contributed by atoms with E-state index >= 15 is 0 Å². The topological polar surface area (TPSA) is 51.2 Å². The van der Waals surface area contributed by atoms with Gasteiger partial charge in [0.05, 0.1) is 4.83 Å². The van der Waals surface area contributed by atoms with E-state index in [2.05, 4.69) is 15.9 Å². The van der Waals surface area contributed by atoms with E-state index in [-0.39, 0.29) is 18.0 Å². The summed E-state index contributed by atoms with van der Waals surface area (Å²) in [6.07, 6.45) is 3.18. The molecule has 2 unspecified atom stereocenters. The van der Waals surface area contributed by atoms with Crippen LogP contribution < -0.4 is 0 Å². The van der Waals surface area contributed by atoms with Crippen LogP contribution in [0.2, 0.25) is 0 Å². The molecule has 1 aliphatic carbocycles. The highest BCUT2D eigenvalue weighted by Gasteiger charge is 2.48. The lowest BCUT2D eigenvalue weighted by atomic mass is 9.70. The Kier molecular flexibility index (Phi) is 4.57. The van der Waals surface area contributed by atoms with Crippen molar-refractivity contribution in [2.75, 3.05) is 0 Å². The molecule has 1 fully saturated rings. The number of ketones is 3. The van der Waals surface area contributed by atoms with Crippen LogP contribution in [0.15, 0.2) is 36.4 Å². The minimum atomic E-state index is -1.16. The Bertz CT molecular complexity index is 602. The maximum absolute atomic E-state index is 12.3. The van der Waals surface area contributed by atoms with Crippen molar-refractivity contribution in [3.8, 4) is 0 Å². The Labute approximate surface area is 132 Å². The lowest BCUT2D eigenvalue weighted by molar-refractivity contribution is -0.142. The zero-order chi connectivity index (χ0) is 15.6. The van der Waals surface area contributed by atoms with Gasteiger partial charge in [-0.05, 0) is 17.1 Å². The summed E-state index contributed by atoms with van der Waals surface area (Å²) in [5.74, 6) is -2.22. The third-order valence-electron chi connectivity index (χ3n) is 3.70. The standard InChI is InChI=1S/C17H17BrO3/c1-17(2)10-13(20)14(15(21)16(17)18)12(19)9-8-11-6-4-3-5-7-11/h3-9,14,16H,10H2,1-2H3. The van der Waals surface area contributed by atoms with E-state index in [4.69, 9.17) is 0 Å². The number of rotatable bonds is 3. The van der Waals surface area contributed by atoms with E-state index in [0.717, 1.165) is 5.56 Å². The minimum absolute atomic E-state index is 0.226. The van der Waals surface area contributed by atoms with E-state index in [1.807, 2.05) is 44.2 Å². The Morgan fingerprint density at radius 2 is 1.86 bits per heavy atom. The molecule has 0 amide bonds. The van der Waals surface area contributed by atoms with Gasteiger partial charge < -0.3 is 0 Å². The number of hydrogen-bond donors (Lipinski definition) is 0. The quantitative estimate of drug-likeness (QED) is 0.478. The number of alkyl halides is 1. The third kappa shape index (κ3) is 3.38. The van der Waals surface area contributed by atoms with Gasteiger partial charge in [0, 0.05) is 6.42 Å². The predicted molar refractivity (Wildman–Crippen MR) is 85.1 cm³/mol. The summed E-state index contributed by atoms with van der Waals surface area (Å²) in [5.41, 5.74) is 0.408. The SMILES string of the molecule is CC1(C)CC(=O)C(C(=O)C=Cc2ccccc2)C(=O)C1Br. The molecule has 3 nitrogen and oxygen atoms in total. The molecule has 2 atom stereocenters. The van der Waals surface area contributed by atoms with Gasteiger partial charge in [-0.2, -0.15) is 0 Å². The van der Waals surface area contributed by atoms with Crippen molar-refractivity contribution in [3.63, 3.8) is 0 Å². The molecule has 0 aromatic heterocycles. The molecule has 2 rings (SSSR count). The Balaban J connectivity index is 2.18. The summed E-state index contributed by atoms with van der Waals surface area (Å²) >= 11 is 3.33. The molecule has 0 radical (unpaired) electrons. The fourth-order valence-corrected chi connectivity index (χ4v) is 2.89. The fraction of sp³-hybridized carbons (Fsp3) is 0.353. The van der Waals surface area contributed by atoms with Crippen molar-refractivity contribution >= 4 is 39.4 Å². The molecule has 0 saturated heterocycles. The van der Waals surface area contributed by atoms with Crippen molar-refractivity contribution in [2.24, 2.45) is 11.3 Å². The highest BCUT2D eigenvalue weighted by atomic mass is 79.9. The van der Waals surface area contributed by atoms with Gasteiger partial charge in [-0.3, -0.25) is 14.4 Å². The molecule has 1 aromatic carbocycles. The Morgan fingerprint density at radius 1 is 1.24 bits per heavy atom. The van der Waals surface area contributed by atoms with Crippen LogP contribution in [0, 0.1) is 11.3 Å². The van der Waals surface area contributed by atoms with Gasteiger partial charge in [0.25, 0.3) is 0 Å². The first-order valence-electron chi connectivity index (χ1n) is 6.80. The highest BCUT2D eigenvalue weighted by Crippen LogP contribution is 2.39. The van der Waals surface area contributed by atoms with Crippen molar-refractivity contribution in [2.45, 2.75) is 25.1 Å². The zero-order valence-electron chi connectivity index (χ0n) is 12.0. The van der Waals surface area contributed by atoms with Crippen LogP contribution in [0.1, 0.15) is 25.8 Å². The molecule has 4 heteroatoms. The normalized spacial score (nSPS) is 25.3. The monoisotopic (exact) mass is 348 g/mol. The maximum atomic E-state index is 12.3. The second-order valence-corrected chi connectivity index (χ2v) is 6.89. The van der Waals surface area contributed by atoms with Crippen LogP contribution in [0.5, 0.6) is 0 Å². The van der Waals surface area contributed by atoms with Crippen LogP contribution in [-0.2, 0) is 14.4 Å². The molecular formula is C17H17BrO3. The number of halogens is 1. The number of benzene rings is 1. The van der Waals surface area contributed by atoms with Crippen LogP contribution in [0.4, 0.5) is 0 Å². The van der Waals surface area contributed by atoms with E-state index in [1.54, 1.807) is 6.08 Å². The lowest BCUT2D eigenvalue weighted by Crippen LogP contribution is -2.49. The summed E-state index contributed by atoms with van der Waals surface area (Å²) in [6.45, 7) is 3.70. The van der Waals surface area contributed by atoms with Gasteiger partial charge >= 0.3 is 0 Å². The number of allylic oxidation sites excluding steroid dienone is 1.